The zero-order chi connectivity index (χ0) is 9.26. The van der Waals surface area contributed by atoms with Crippen LogP contribution in [0.1, 0.15) is 23.5 Å². The Morgan fingerprint density at radius 1 is 1.31 bits per heavy atom. The van der Waals surface area contributed by atoms with E-state index in [2.05, 4.69) is 12.6 Å². The third-order valence-electron chi connectivity index (χ3n) is 2.68. The predicted octanol–water partition coefficient (Wildman–Crippen LogP) is 2.47. The van der Waals surface area contributed by atoms with Crippen LogP contribution in [0.2, 0.25) is 0 Å². The normalized spacial score (nSPS) is 20.9. The number of rotatable bonds is 1. The predicted molar refractivity (Wildman–Crippen MR) is 52.7 cm³/mol. The summed E-state index contributed by atoms with van der Waals surface area (Å²) < 4.78 is 0. The van der Waals surface area contributed by atoms with Crippen LogP contribution in [0, 0.1) is 0 Å². The number of benzene rings is 1. The lowest BCUT2D eigenvalue weighted by Gasteiger charge is -2.23. The van der Waals surface area contributed by atoms with Crippen molar-refractivity contribution in [2.24, 2.45) is 0 Å². The molecule has 0 saturated carbocycles. The fraction of sp³-hybridized carbons (Fsp3) is 0.250. The Hall–Kier alpha value is -1.37. The first-order valence-corrected chi connectivity index (χ1v) is 4.53. The highest BCUT2D eigenvalue weighted by molar-refractivity contribution is 5.69. The summed E-state index contributed by atoms with van der Waals surface area (Å²) in [6, 6.07) is 8.12. The van der Waals surface area contributed by atoms with Crippen molar-refractivity contribution >= 4 is 6.29 Å². The van der Waals surface area contributed by atoms with Crippen LogP contribution in [0.3, 0.4) is 0 Å². The zero-order valence-electron chi connectivity index (χ0n) is 7.49. The van der Waals surface area contributed by atoms with Gasteiger partial charge in [0.15, 0.2) is 0 Å². The summed E-state index contributed by atoms with van der Waals surface area (Å²) in [4.78, 5) is 10.9. The second-order valence-electron chi connectivity index (χ2n) is 3.47. The summed E-state index contributed by atoms with van der Waals surface area (Å²) >= 11 is 0. The summed E-state index contributed by atoms with van der Waals surface area (Å²) in [5.41, 5.74) is 3.49. The number of aryl methyl sites for hydroxylation is 1. The minimum atomic E-state index is -0.0649. The maximum atomic E-state index is 10.9. The smallest absolute Gasteiger partial charge is 0.131 e. The Labute approximate surface area is 78.1 Å². The van der Waals surface area contributed by atoms with Crippen molar-refractivity contribution in [3.63, 3.8) is 0 Å². The SMILES string of the molecule is C=C1CCc2ccccc2C1C=O. The molecule has 1 nitrogen and oxygen atoms in total. The van der Waals surface area contributed by atoms with Gasteiger partial charge in [-0.1, -0.05) is 36.4 Å². The third-order valence-corrected chi connectivity index (χ3v) is 2.68. The van der Waals surface area contributed by atoms with Crippen molar-refractivity contribution in [2.75, 3.05) is 0 Å². The first-order valence-electron chi connectivity index (χ1n) is 4.53. The molecule has 13 heavy (non-hydrogen) atoms. The van der Waals surface area contributed by atoms with Crippen molar-refractivity contribution in [1.82, 2.24) is 0 Å². The van der Waals surface area contributed by atoms with Gasteiger partial charge < -0.3 is 4.79 Å². The van der Waals surface area contributed by atoms with Gasteiger partial charge in [0.05, 0.1) is 5.92 Å². The molecule has 0 aromatic heterocycles. The molecule has 1 aromatic rings. The zero-order valence-corrected chi connectivity index (χ0v) is 7.49. The molecule has 0 saturated heterocycles. The van der Waals surface area contributed by atoms with E-state index >= 15 is 0 Å². The lowest BCUT2D eigenvalue weighted by Crippen LogP contribution is -2.12. The topological polar surface area (TPSA) is 17.1 Å². The van der Waals surface area contributed by atoms with Gasteiger partial charge in [0.2, 0.25) is 0 Å². The van der Waals surface area contributed by atoms with Crippen LogP contribution >= 0.6 is 0 Å². The van der Waals surface area contributed by atoms with E-state index in [1.807, 2.05) is 18.2 Å². The van der Waals surface area contributed by atoms with E-state index in [9.17, 15) is 4.79 Å². The molecule has 0 heterocycles. The summed E-state index contributed by atoms with van der Waals surface area (Å²) in [5, 5.41) is 0. The van der Waals surface area contributed by atoms with Gasteiger partial charge in [0.25, 0.3) is 0 Å². The minimum absolute atomic E-state index is 0.0649. The minimum Gasteiger partial charge on any atom is -0.302 e. The van der Waals surface area contributed by atoms with E-state index in [0.717, 1.165) is 30.3 Å². The molecule has 0 fully saturated rings. The molecule has 0 aliphatic heterocycles. The first kappa shape index (κ1) is 8.24. The highest BCUT2D eigenvalue weighted by Gasteiger charge is 2.21. The van der Waals surface area contributed by atoms with E-state index in [1.165, 1.54) is 5.56 Å². The molecule has 66 valence electrons. The van der Waals surface area contributed by atoms with Crippen LogP contribution in [-0.4, -0.2) is 6.29 Å². The van der Waals surface area contributed by atoms with E-state index in [1.54, 1.807) is 0 Å². The van der Waals surface area contributed by atoms with Crippen LogP contribution in [0.15, 0.2) is 36.4 Å². The van der Waals surface area contributed by atoms with Crippen LogP contribution in [0.5, 0.6) is 0 Å². The van der Waals surface area contributed by atoms with Crippen LogP contribution in [-0.2, 0) is 11.2 Å². The average Bonchev–Trinajstić information content (AvgIpc) is 2.18. The summed E-state index contributed by atoms with van der Waals surface area (Å²) in [7, 11) is 0. The first-order chi connectivity index (χ1) is 6.33. The molecule has 1 heteroatoms. The van der Waals surface area contributed by atoms with Gasteiger partial charge in [0.1, 0.15) is 6.29 Å². The molecule has 0 N–H and O–H groups in total. The van der Waals surface area contributed by atoms with Gasteiger partial charge in [-0.3, -0.25) is 0 Å². The third kappa shape index (κ3) is 1.31. The van der Waals surface area contributed by atoms with Crippen LogP contribution < -0.4 is 0 Å². The molecule has 0 radical (unpaired) electrons. The molecule has 0 spiro atoms. The number of fused-ring (bicyclic) bond motifs is 1. The molecule has 1 aliphatic rings. The number of carbonyl (C=O) groups excluding carboxylic acids is 1. The highest BCUT2D eigenvalue weighted by Crippen LogP contribution is 2.32. The van der Waals surface area contributed by atoms with Crippen LogP contribution in [0.25, 0.3) is 0 Å². The molecule has 0 amide bonds. The molecule has 1 unspecified atom stereocenters. The monoisotopic (exact) mass is 172 g/mol. The Morgan fingerprint density at radius 2 is 2.08 bits per heavy atom. The maximum absolute atomic E-state index is 10.9. The van der Waals surface area contributed by atoms with Gasteiger partial charge >= 0.3 is 0 Å². The fourth-order valence-electron chi connectivity index (χ4n) is 1.91. The number of carbonyl (C=O) groups is 1. The molecule has 0 bridgehead atoms. The number of allylic oxidation sites excluding steroid dienone is 1. The van der Waals surface area contributed by atoms with E-state index in [4.69, 9.17) is 0 Å². The van der Waals surface area contributed by atoms with Crippen LogP contribution in [0.4, 0.5) is 0 Å². The maximum Gasteiger partial charge on any atom is 0.131 e. The highest BCUT2D eigenvalue weighted by atomic mass is 16.1. The number of hydrogen-bond donors (Lipinski definition) is 0. The molecule has 1 aromatic carbocycles. The molecule has 1 atom stereocenters. The standard InChI is InChI=1S/C12H12O/c1-9-6-7-10-4-2-3-5-11(10)12(9)8-13/h2-5,8,12H,1,6-7H2. The summed E-state index contributed by atoms with van der Waals surface area (Å²) in [6.07, 6.45) is 2.97. The molecule has 1 aliphatic carbocycles. The van der Waals surface area contributed by atoms with Gasteiger partial charge in [-0.2, -0.15) is 0 Å². The Morgan fingerprint density at radius 3 is 2.85 bits per heavy atom. The second-order valence-corrected chi connectivity index (χ2v) is 3.47. The van der Waals surface area contributed by atoms with Gasteiger partial charge in [0, 0.05) is 0 Å². The van der Waals surface area contributed by atoms with Gasteiger partial charge in [-0.25, -0.2) is 0 Å². The van der Waals surface area contributed by atoms with Crippen molar-refractivity contribution < 1.29 is 4.79 Å². The van der Waals surface area contributed by atoms with E-state index in [-0.39, 0.29) is 5.92 Å². The summed E-state index contributed by atoms with van der Waals surface area (Å²) in [6.45, 7) is 3.93. The summed E-state index contributed by atoms with van der Waals surface area (Å²) in [5.74, 6) is -0.0649. The Balaban J connectivity index is 2.50. The number of hydrogen-bond acceptors (Lipinski definition) is 1. The number of aldehydes is 1. The van der Waals surface area contributed by atoms with Gasteiger partial charge in [-0.15, -0.1) is 0 Å². The quantitative estimate of drug-likeness (QED) is 0.470. The molecular weight excluding hydrogens is 160 g/mol. The van der Waals surface area contributed by atoms with E-state index < -0.39 is 0 Å². The van der Waals surface area contributed by atoms with Crippen molar-refractivity contribution in [3.05, 3.63) is 47.5 Å². The lowest BCUT2D eigenvalue weighted by atomic mass is 9.81. The average molecular weight is 172 g/mol. The van der Waals surface area contributed by atoms with E-state index in [0.29, 0.717) is 0 Å². The lowest BCUT2D eigenvalue weighted by molar-refractivity contribution is -0.108. The Bertz CT molecular complexity index is 352. The fourth-order valence-corrected chi connectivity index (χ4v) is 1.91. The molecule has 2 rings (SSSR count). The Kier molecular flexibility index (Phi) is 2.01. The second kappa shape index (κ2) is 3.17. The van der Waals surface area contributed by atoms with Gasteiger partial charge in [-0.05, 0) is 24.0 Å². The van der Waals surface area contributed by atoms with Crippen molar-refractivity contribution in [3.8, 4) is 0 Å². The largest absolute Gasteiger partial charge is 0.302 e. The van der Waals surface area contributed by atoms with Crippen molar-refractivity contribution in [2.45, 2.75) is 18.8 Å². The van der Waals surface area contributed by atoms with Crippen molar-refractivity contribution in [1.29, 1.82) is 0 Å². The molecular formula is C12H12O.